The van der Waals surface area contributed by atoms with Gasteiger partial charge in [0.1, 0.15) is 0 Å². The lowest BCUT2D eigenvalue weighted by atomic mass is 10.4. The third-order valence-electron chi connectivity index (χ3n) is 3.25. The monoisotopic (exact) mass is 301 g/mol. The Morgan fingerprint density at radius 1 is 1.35 bits per heavy atom. The molecule has 8 heteroatoms. The van der Waals surface area contributed by atoms with Crippen molar-refractivity contribution in [2.24, 2.45) is 0 Å². The summed E-state index contributed by atoms with van der Waals surface area (Å²) >= 11 is 0. The van der Waals surface area contributed by atoms with Gasteiger partial charge in [0.25, 0.3) is 5.91 Å². The summed E-state index contributed by atoms with van der Waals surface area (Å²) in [7, 11) is -1.34. The summed E-state index contributed by atoms with van der Waals surface area (Å²) in [6, 6.07) is 3.14. The fraction of sp³-hybridized carbons (Fsp3) is 0.583. The summed E-state index contributed by atoms with van der Waals surface area (Å²) in [5, 5.41) is 2.54. The van der Waals surface area contributed by atoms with Crippen LogP contribution in [0.1, 0.15) is 10.6 Å². The highest BCUT2D eigenvalue weighted by Crippen LogP contribution is 2.06. The van der Waals surface area contributed by atoms with Crippen molar-refractivity contribution in [3.63, 3.8) is 0 Å². The van der Waals surface area contributed by atoms with Crippen molar-refractivity contribution < 1.29 is 17.6 Å². The average molecular weight is 301 g/mol. The summed E-state index contributed by atoms with van der Waals surface area (Å²) in [6.45, 7) is 2.56. The predicted octanol–water partition coefficient (Wildman–Crippen LogP) is -0.413. The molecular weight excluding hydrogens is 282 g/mol. The maximum Gasteiger partial charge on any atom is 0.287 e. The van der Waals surface area contributed by atoms with E-state index in [4.69, 9.17) is 4.42 Å². The van der Waals surface area contributed by atoms with Gasteiger partial charge in [0, 0.05) is 32.7 Å². The van der Waals surface area contributed by atoms with Gasteiger partial charge in [0.05, 0.1) is 12.0 Å². The van der Waals surface area contributed by atoms with Crippen LogP contribution in [-0.4, -0.2) is 69.1 Å². The van der Waals surface area contributed by atoms with Crippen LogP contribution in [0, 0.1) is 0 Å². The summed E-state index contributed by atoms with van der Waals surface area (Å²) in [5.74, 6) is -0.311. The molecule has 1 fully saturated rings. The minimum Gasteiger partial charge on any atom is -0.459 e. The molecule has 1 aromatic heterocycles. The number of carbonyl (C=O) groups excluding carboxylic acids is 1. The highest BCUT2D eigenvalue weighted by molar-refractivity contribution is 7.89. The van der Waals surface area contributed by atoms with E-state index >= 15 is 0 Å². The largest absolute Gasteiger partial charge is 0.459 e. The van der Waals surface area contributed by atoms with Gasteiger partial charge in [-0.3, -0.25) is 4.79 Å². The molecule has 0 spiro atoms. The Bertz CT molecular complexity index is 533. The standard InChI is InChI=1S/C12H19N3O4S/c1-14-5-7-15(8-6-14)20(17,18)10-4-13-12(16)11-3-2-9-19-11/h2-3,9H,4-8,10H2,1H3,(H,13,16). The van der Waals surface area contributed by atoms with E-state index in [1.165, 1.54) is 16.6 Å². The van der Waals surface area contributed by atoms with Crippen molar-refractivity contribution in [3.8, 4) is 0 Å². The Balaban J connectivity index is 1.79. The number of nitrogens with one attached hydrogen (secondary N) is 1. The molecule has 0 unspecified atom stereocenters. The lowest BCUT2D eigenvalue weighted by Crippen LogP contribution is -2.48. The van der Waals surface area contributed by atoms with E-state index in [2.05, 4.69) is 10.2 Å². The molecule has 112 valence electrons. The van der Waals surface area contributed by atoms with Crippen molar-refractivity contribution in [3.05, 3.63) is 24.2 Å². The summed E-state index contributed by atoms with van der Waals surface area (Å²) in [5.41, 5.74) is 0. The van der Waals surface area contributed by atoms with Crippen molar-refractivity contribution in [1.29, 1.82) is 0 Å². The van der Waals surface area contributed by atoms with Gasteiger partial charge in [-0.25, -0.2) is 8.42 Å². The van der Waals surface area contributed by atoms with Crippen LogP contribution >= 0.6 is 0 Å². The summed E-state index contributed by atoms with van der Waals surface area (Å²) in [4.78, 5) is 13.7. The summed E-state index contributed by atoms with van der Waals surface area (Å²) in [6.07, 6.45) is 1.40. The highest BCUT2D eigenvalue weighted by Gasteiger charge is 2.25. The molecule has 1 amide bonds. The molecule has 1 N–H and O–H groups in total. The topological polar surface area (TPSA) is 82.9 Å². The van der Waals surface area contributed by atoms with E-state index in [1.54, 1.807) is 6.07 Å². The van der Waals surface area contributed by atoms with E-state index in [9.17, 15) is 13.2 Å². The van der Waals surface area contributed by atoms with Gasteiger partial charge < -0.3 is 14.6 Å². The quantitative estimate of drug-likeness (QED) is 0.799. The van der Waals surface area contributed by atoms with E-state index in [-0.39, 0.29) is 18.1 Å². The molecule has 0 aromatic carbocycles. The molecule has 0 bridgehead atoms. The van der Waals surface area contributed by atoms with Gasteiger partial charge >= 0.3 is 0 Å². The van der Waals surface area contributed by atoms with Crippen molar-refractivity contribution in [1.82, 2.24) is 14.5 Å². The van der Waals surface area contributed by atoms with Crippen molar-refractivity contribution in [2.45, 2.75) is 0 Å². The Hall–Kier alpha value is -1.38. The van der Waals surface area contributed by atoms with Crippen LogP contribution in [0.3, 0.4) is 0 Å². The smallest absolute Gasteiger partial charge is 0.287 e. The third-order valence-corrected chi connectivity index (χ3v) is 5.12. The normalized spacial score (nSPS) is 18.1. The van der Waals surface area contributed by atoms with Crippen LogP contribution in [0.25, 0.3) is 0 Å². The highest BCUT2D eigenvalue weighted by atomic mass is 32.2. The molecule has 1 aliphatic rings. The van der Waals surface area contributed by atoms with Crippen molar-refractivity contribution in [2.75, 3.05) is 45.5 Å². The first-order valence-corrected chi connectivity index (χ1v) is 8.08. The minimum absolute atomic E-state index is 0.0776. The average Bonchev–Trinajstić information content (AvgIpc) is 2.93. The molecule has 2 rings (SSSR count). The zero-order valence-corrected chi connectivity index (χ0v) is 12.2. The van der Waals surface area contributed by atoms with Crippen LogP contribution in [0.15, 0.2) is 22.8 Å². The van der Waals surface area contributed by atoms with Gasteiger partial charge in [-0.05, 0) is 19.2 Å². The Kier molecular flexibility index (Phi) is 4.79. The SMILES string of the molecule is CN1CCN(S(=O)(=O)CCNC(=O)c2ccco2)CC1. The number of likely N-dealkylation sites (N-methyl/N-ethyl adjacent to an activating group) is 1. The first-order chi connectivity index (χ1) is 9.49. The zero-order chi connectivity index (χ0) is 14.6. The molecule has 7 nitrogen and oxygen atoms in total. The van der Waals surface area contributed by atoms with Crippen LogP contribution in [-0.2, 0) is 10.0 Å². The zero-order valence-electron chi connectivity index (χ0n) is 11.4. The molecule has 1 saturated heterocycles. The van der Waals surface area contributed by atoms with Crippen LogP contribution in [0.5, 0.6) is 0 Å². The Morgan fingerprint density at radius 3 is 2.65 bits per heavy atom. The number of piperazine rings is 1. The summed E-state index contributed by atoms with van der Waals surface area (Å²) < 4.78 is 30.6. The Morgan fingerprint density at radius 2 is 2.05 bits per heavy atom. The van der Waals surface area contributed by atoms with Crippen molar-refractivity contribution >= 4 is 15.9 Å². The third kappa shape index (κ3) is 3.81. The number of sulfonamides is 1. The molecule has 1 aromatic rings. The maximum absolute atomic E-state index is 12.1. The number of carbonyl (C=O) groups is 1. The van der Waals surface area contributed by atoms with Gasteiger partial charge in [-0.15, -0.1) is 0 Å². The second-order valence-electron chi connectivity index (χ2n) is 4.75. The maximum atomic E-state index is 12.1. The lowest BCUT2D eigenvalue weighted by molar-refractivity contribution is 0.0928. The number of hydrogen-bond donors (Lipinski definition) is 1. The first-order valence-electron chi connectivity index (χ1n) is 6.47. The van der Waals surface area contributed by atoms with E-state index in [0.717, 1.165) is 13.1 Å². The van der Waals surface area contributed by atoms with Gasteiger partial charge in [0.2, 0.25) is 10.0 Å². The molecule has 0 radical (unpaired) electrons. The van der Waals surface area contributed by atoms with Gasteiger partial charge in [-0.1, -0.05) is 0 Å². The molecule has 20 heavy (non-hydrogen) atoms. The fourth-order valence-electron chi connectivity index (χ4n) is 1.98. The minimum atomic E-state index is -3.31. The number of hydrogen-bond acceptors (Lipinski definition) is 5. The van der Waals surface area contributed by atoms with Gasteiger partial charge in [-0.2, -0.15) is 4.31 Å². The molecule has 0 atom stereocenters. The molecule has 1 aliphatic heterocycles. The van der Waals surface area contributed by atoms with E-state index < -0.39 is 15.9 Å². The molecule has 2 heterocycles. The van der Waals surface area contributed by atoms with Gasteiger partial charge in [0.15, 0.2) is 5.76 Å². The predicted molar refractivity (Wildman–Crippen MR) is 73.9 cm³/mol. The first kappa shape index (κ1) is 15.0. The molecule has 0 saturated carbocycles. The van der Waals surface area contributed by atoms with Crippen LogP contribution in [0.4, 0.5) is 0 Å². The Labute approximate surface area is 118 Å². The fourth-order valence-corrected chi connectivity index (χ4v) is 3.32. The van der Waals surface area contributed by atoms with Crippen LogP contribution in [0.2, 0.25) is 0 Å². The number of furan rings is 1. The number of nitrogens with zero attached hydrogens (tertiary/aromatic N) is 2. The van der Waals surface area contributed by atoms with E-state index in [0.29, 0.717) is 13.1 Å². The number of amides is 1. The second kappa shape index (κ2) is 6.38. The second-order valence-corrected chi connectivity index (χ2v) is 6.84. The van der Waals surface area contributed by atoms with E-state index in [1.807, 2.05) is 7.05 Å². The lowest BCUT2D eigenvalue weighted by Gasteiger charge is -2.31. The molecular formula is C12H19N3O4S. The van der Waals surface area contributed by atoms with Crippen LogP contribution < -0.4 is 5.32 Å². The number of rotatable bonds is 5. The molecule has 0 aliphatic carbocycles.